The summed E-state index contributed by atoms with van der Waals surface area (Å²) in [7, 11) is 1.50. The molecule has 1 aliphatic rings. The van der Waals surface area contributed by atoms with Gasteiger partial charge in [-0.05, 0) is 79.8 Å². The molecule has 1 fully saturated rings. The van der Waals surface area contributed by atoms with Gasteiger partial charge in [-0.3, -0.25) is 24.7 Å². The first-order chi connectivity index (χ1) is 19.2. The van der Waals surface area contributed by atoms with Crippen LogP contribution in [0.5, 0.6) is 5.75 Å². The summed E-state index contributed by atoms with van der Waals surface area (Å²) in [6, 6.07) is 16.6. The third-order valence-electron chi connectivity index (χ3n) is 5.94. The Morgan fingerprint density at radius 2 is 1.68 bits per heavy atom. The average molecular weight is 565 g/mol. The number of halogens is 1. The Morgan fingerprint density at radius 3 is 2.30 bits per heavy atom. The highest BCUT2D eigenvalue weighted by molar-refractivity contribution is 7.80. The number of amides is 3. The molecule has 3 amide bonds. The van der Waals surface area contributed by atoms with Crippen molar-refractivity contribution >= 4 is 52.4 Å². The van der Waals surface area contributed by atoms with Crippen LogP contribution in [0.25, 0.3) is 0 Å². The van der Waals surface area contributed by atoms with Crippen LogP contribution in [-0.4, -0.2) is 53.6 Å². The van der Waals surface area contributed by atoms with E-state index in [1.165, 1.54) is 54.5 Å². The quantitative estimate of drug-likeness (QED) is 0.299. The van der Waals surface area contributed by atoms with Crippen LogP contribution in [0.2, 0.25) is 0 Å². The van der Waals surface area contributed by atoms with Gasteiger partial charge in [0.25, 0.3) is 11.8 Å². The number of carbonyl (C=O) groups excluding carboxylic acids is 4. The smallest absolute Gasteiger partial charge is 0.338 e. The number of hydrogen-bond donors (Lipinski definition) is 2. The van der Waals surface area contributed by atoms with Gasteiger partial charge in [-0.2, -0.15) is 0 Å². The molecule has 0 radical (unpaired) electrons. The normalized spacial score (nSPS) is 14.6. The first kappa shape index (κ1) is 28.2. The molecule has 10 nitrogen and oxygen atoms in total. The zero-order valence-electron chi connectivity index (χ0n) is 21.5. The number of rotatable bonds is 9. The molecule has 0 bridgehead atoms. The Hall–Kier alpha value is -4.84. The highest BCUT2D eigenvalue weighted by Gasteiger charge is 2.45. The number of carbonyl (C=O) groups is 4. The van der Waals surface area contributed by atoms with Crippen LogP contribution < -0.4 is 20.4 Å². The van der Waals surface area contributed by atoms with Crippen molar-refractivity contribution in [1.82, 2.24) is 10.4 Å². The fourth-order valence-electron chi connectivity index (χ4n) is 3.97. The van der Waals surface area contributed by atoms with Crippen molar-refractivity contribution in [2.45, 2.75) is 19.4 Å². The minimum Gasteiger partial charge on any atom is -0.497 e. The van der Waals surface area contributed by atoms with Crippen molar-refractivity contribution in [3.8, 4) is 5.75 Å². The summed E-state index contributed by atoms with van der Waals surface area (Å²) in [5.74, 6) is -2.68. The van der Waals surface area contributed by atoms with Gasteiger partial charge in [-0.1, -0.05) is 12.1 Å². The van der Waals surface area contributed by atoms with E-state index in [9.17, 15) is 23.6 Å². The summed E-state index contributed by atoms with van der Waals surface area (Å²) in [6.45, 7) is 1.92. The molecule has 12 heteroatoms. The summed E-state index contributed by atoms with van der Waals surface area (Å²) in [6.07, 6.45) is -0.400. The first-order valence-electron chi connectivity index (χ1n) is 12.2. The number of nitrogens with zero attached hydrogens (tertiary/aromatic N) is 2. The predicted molar refractivity (Wildman–Crippen MR) is 148 cm³/mol. The van der Waals surface area contributed by atoms with E-state index in [4.69, 9.17) is 21.7 Å². The van der Waals surface area contributed by atoms with Crippen LogP contribution in [0, 0.1) is 5.82 Å². The number of methoxy groups -OCH3 is 1. The molecule has 1 heterocycles. The first-order valence-corrected chi connectivity index (χ1v) is 12.6. The van der Waals surface area contributed by atoms with Crippen LogP contribution in [0.3, 0.4) is 0 Å². The minimum absolute atomic E-state index is 0.101. The van der Waals surface area contributed by atoms with Gasteiger partial charge in [-0.25, -0.2) is 14.2 Å². The molecule has 4 rings (SSSR count). The van der Waals surface area contributed by atoms with Gasteiger partial charge in [0, 0.05) is 5.69 Å². The average Bonchev–Trinajstić information content (AvgIpc) is 3.17. The second kappa shape index (κ2) is 12.3. The lowest BCUT2D eigenvalue weighted by Gasteiger charge is -2.24. The number of ether oxygens (including phenoxy) is 2. The van der Waals surface area contributed by atoms with Crippen molar-refractivity contribution in [2.24, 2.45) is 0 Å². The Bertz CT molecular complexity index is 1450. The third kappa shape index (κ3) is 6.07. The van der Waals surface area contributed by atoms with E-state index in [1.54, 1.807) is 31.2 Å². The largest absolute Gasteiger partial charge is 0.497 e. The van der Waals surface area contributed by atoms with Crippen molar-refractivity contribution in [1.29, 1.82) is 0 Å². The summed E-state index contributed by atoms with van der Waals surface area (Å²) in [5.41, 5.74) is 3.30. The maximum absolute atomic E-state index is 14.3. The molecule has 1 atom stereocenters. The van der Waals surface area contributed by atoms with E-state index < -0.39 is 42.0 Å². The van der Waals surface area contributed by atoms with Crippen LogP contribution in [0.15, 0.2) is 72.8 Å². The molecular formula is C28H25FN4O6S. The van der Waals surface area contributed by atoms with E-state index in [2.05, 4.69) is 10.7 Å². The van der Waals surface area contributed by atoms with Crippen LogP contribution in [-0.2, 0) is 14.3 Å². The van der Waals surface area contributed by atoms with Crippen LogP contribution in [0.1, 0.15) is 34.1 Å². The highest BCUT2D eigenvalue weighted by Crippen LogP contribution is 2.28. The molecular weight excluding hydrogens is 539 g/mol. The lowest BCUT2D eigenvalue weighted by atomic mass is 10.1. The maximum Gasteiger partial charge on any atom is 0.338 e. The van der Waals surface area contributed by atoms with Crippen LogP contribution >= 0.6 is 12.2 Å². The molecule has 0 unspecified atom stereocenters. The van der Waals surface area contributed by atoms with Gasteiger partial charge in [0.2, 0.25) is 11.0 Å². The fourth-order valence-corrected chi connectivity index (χ4v) is 4.34. The Kier molecular flexibility index (Phi) is 8.70. The SMILES string of the molecule is CCOC(=O)c1ccc(NC(=O)C[C@@H]2C(=O)N(c3ccc(OC)cc3)C(=S)N2NC(=O)c2ccccc2F)cc1. The van der Waals surface area contributed by atoms with Crippen molar-refractivity contribution < 1.29 is 33.0 Å². The summed E-state index contributed by atoms with van der Waals surface area (Å²) in [4.78, 5) is 52.5. The summed E-state index contributed by atoms with van der Waals surface area (Å²) < 4.78 is 24.4. The summed E-state index contributed by atoms with van der Waals surface area (Å²) >= 11 is 5.52. The van der Waals surface area contributed by atoms with Crippen molar-refractivity contribution in [3.63, 3.8) is 0 Å². The minimum atomic E-state index is -1.23. The molecule has 0 spiro atoms. The number of esters is 1. The van der Waals surface area contributed by atoms with Gasteiger partial charge in [0.15, 0.2) is 0 Å². The fraction of sp³-hybridized carbons (Fsp3) is 0.179. The molecule has 3 aromatic rings. The Labute approximate surface area is 234 Å². The molecule has 3 aromatic carbocycles. The number of anilines is 2. The molecule has 40 heavy (non-hydrogen) atoms. The molecule has 0 saturated carbocycles. The van der Waals surface area contributed by atoms with E-state index in [1.807, 2.05) is 0 Å². The zero-order chi connectivity index (χ0) is 28.8. The molecule has 0 aliphatic carbocycles. The monoisotopic (exact) mass is 564 g/mol. The van der Waals surface area contributed by atoms with E-state index >= 15 is 0 Å². The van der Waals surface area contributed by atoms with E-state index in [0.717, 1.165) is 11.1 Å². The predicted octanol–water partition coefficient (Wildman–Crippen LogP) is 3.69. The molecule has 206 valence electrons. The van der Waals surface area contributed by atoms with Crippen molar-refractivity contribution in [3.05, 3.63) is 89.7 Å². The number of benzene rings is 3. The second-order valence-electron chi connectivity index (χ2n) is 8.51. The maximum atomic E-state index is 14.3. The van der Waals surface area contributed by atoms with Gasteiger partial charge in [-0.15, -0.1) is 0 Å². The van der Waals surface area contributed by atoms with Gasteiger partial charge < -0.3 is 14.8 Å². The van der Waals surface area contributed by atoms with Gasteiger partial charge in [0.1, 0.15) is 17.6 Å². The zero-order valence-corrected chi connectivity index (χ0v) is 22.4. The Morgan fingerprint density at radius 1 is 1.00 bits per heavy atom. The highest BCUT2D eigenvalue weighted by atomic mass is 32.1. The third-order valence-corrected chi connectivity index (χ3v) is 6.32. The molecule has 0 aromatic heterocycles. The molecule has 1 saturated heterocycles. The van der Waals surface area contributed by atoms with E-state index in [0.29, 0.717) is 22.7 Å². The molecule has 1 aliphatic heterocycles. The topological polar surface area (TPSA) is 117 Å². The summed E-state index contributed by atoms with van der Waals surface area (Å²) in [5, 5.41) is 3.65. The van der Waals surface area contributed by atoms with Crippen LogP contribution in [0.4, 0.5) is 15.8 Å². The van der Waals surface area contributed by atoms with Gasteiger partial charge in [0.05, 0.1) is 37.0 Å². The molecule has 2 N–H and O–H groups in total. The standard InChI is InChI=1S/C28H25FN4O6S/c1-3-39-27(37)17-8-10-18(11-9-17)30-24(34)16-23-26(36)32(19-12-14-20(38-2)15-13-19)28(40)33(23)31-25(35)21-6-4-5-7-22(21)29/h4-15,23H,3,16H2,1-2H3,(H,30,34)(H,31,35)/t23-/m1/s1. The van der Waals surface area contributed by atoms with Crippen molar-refractivity contribution in [2.75, 3.05) is 23.9 Å². The lowest BCUT2D eigenvalue weighted by molar-refractivity contribution is -0.124. The lowest BCUT2D eigenvalue weighted by Crippen LogP contribution is -2.50. The van der Waals surface area contributed by atoms with Gasteiger partial charge >= 0.3 is 5.97 Å². The number of hydrazine groups is 1. The number of nitrogens with one attached hydrogen (secondary N) is 2. The number of hydrogen-bond acceptors (Lipinski definition) is 7. The second-order valence-corrected chi connectivity index (χ2v) is 8.88. The number of thiocarbonyl (C=S) groups is 1. The Balaban J connectivity index is 1.56. The van der Waals surface area contributed by atoms with E-state index in [-0.39, 0.29) is 17.3 Å².